The average molecular weight is 1050 g/mol. The van der Waals surface area contributed by atoms with Crippen molar-refractivity contribution in [2.45, 2.75) is 335 Å². The summed E-state index contributed by atoms with van der Waals surface area (Å²) in [4.78, 5) is 38.4. The summed E-state index contributed by atoms with van der Waals surface area (Å²) in [6, 6.07) is 0. The number of rotatable bonds is 59. The first-order valence-electron chi connectivity index (χ1n) is 32.4. The molecule has 0 fully saturated rings. The van der Waals surface area contributed by atoms with Crippen molar-refractivity contribution in [3.63, 3.8) is 0 Å². The zero-order valence-corrected chi connectivity index (χ0v) is 49.8. The largest absolute Gasteiger partial charge is 0.462 e. The number of unbranched alkanes of at least 4 members (excludes halogenated alkanes) is 36. The molecule has 6 heteroatoms. The highest BCUT2D eigenvalue weighted by Crippen LogP contribution is 2.16. The summed E-state index contributed by atoms with van der Waals surface area (Å²) in [7, 11) is 0. The van der Waals surface area contributed by atoms with E-state index in [4.69, 9.17) is 14.2 Å². The van der Waals surface area contributed by atoms with E-state index in [2.05, 4.69) is 93.7 Å². The fourth-order valence-electron chi connectivity index (χ4n) is 9.24. The van der Waals surface area contributed by atoms with E-state index in [-0.39, 0.29) is 31.1 Å². The van der Waals surface area contributed by atoms with Gasteiger partial charge in [0.25, 0.3) is 0 Å². The molecule has 0 rings (SSSR count). The van der Waals surface area contributed by atoms with Crippen LogP contribution in [0.4, 0.5) is 0 Å². The van der Waals surface area contributed by atoms with Crippen molar-refractivity contribution in [3.8, 4) is 0 Å². The molecule has 6 nitrogen and oxygen atoms in total. The van der Waals surface area contributed by atoms with Crippen LogP contribution in [0.5, 0.6) is 0 Å². The average Bonchev–Trinajstić information content (AvgIpc) is 3.41. The molecule has 0 N–H and O–H groups in total. The van der Waals surface area contributed by atoms with Gasteiger partial charge in [-0.25, -0.2) is 0 Å². The number of ether oxygens (including phenoxy) is 3. The monoisotopic (exact) mass is 1050 g/mol. The Bertz CT molecular complexity index is 1320. The highest BCUT2D eigenvalue weighted by molar-refractivity contribution is 5.71. The van der Waals surface area contributed by atoms with Gasteiger partial charge >= 0.3 is 17.9 Å². The van der Waals surface area contributed by atoms with E-state index in [9.17, 15) is 14.4 Å². The summed E-state index contributed by atoms with van der Waals surface area (Å²) in [6.45, 7) is 6.60. The Morgan fingerprint density at radius 1 is 0.267 bits per heavy atom. The van der Waals surface area contributed by atoms with Crippen molar-refractivity contribution in [3.05, 3.63) is 72.9 Å². The first-order chi connectivity index (χ1) is 37.0. The first kappa shape index (κ1) is 71.8. The van der Waals surface area contributed by atoms with Gasteiger partial charge in [0.15, 0.2) is 6.10 Å². The minimum absolute atomic E-state index is 0.0792. The molecule has 0 aliphatic heterocycles. The first-order valence-corrected chi connectivity index (χ1v) is 32.4. The summed E-state index contributed by atoms with van der Waals surface area (Å²) in [5.74, 6) is -0.876. The minimum Gasteiger partial charge on any atom is -0.462 e. The van der Waals surface area contributed by atoms with Crippen LogP contribution in [0.1, 0.15) is 329 Å². The zero-order valence-electron chi connectivity index (χ0n) is 49.8. The fraction of sp³-hybridized carbons (Fsp3) is 0.783. The molecule has 0 unspecified atom stereocenters. The van der Waals surface area contributed by atoms with Crippen LogP contribution in [-0.2, 0) is 28.6 Å². The molecule has 75 heavy (non-hydrogen) atoms. The molecule has 0 aromatic carbocycles. The van der Waals surface area contributed by atoms with Gasteiger partial charge in [-0.05, 0) is 116 Å². The van der Waals surface area contributed by atoms with Gasteiger partial charge in [0.05, 0.1) is 0 Å². The molecular weight excluding hydrogens is 925 g/mol. The van der Waals surface area contributed by atoms with E-state index in [0.717, 1.165) is 77.0 Å². The van der Waals surface area contributed by atoms with Crippen molar-refractivity contribution in [2.75, 3.05) is 13.2 Å². The smallest absolute Gasteiger partial charge is 0.306 e. The number of carbonyl (C=O) groups excluding carboxylic acids is 3. The summed E-state index contributed by atoms with van der Waals surface area (Å²) < 4.78 is 17.0. The third kappa shape index (κ3) is 61.6. The Kier molecular flexibility index (Phi) is 60.7. The Morgan fingerprint density at radius 2 is 0.480 bits per heavy atom. The number of carbonyl (C=O) groups is 3. The predicted molar refractivity (Wildman–Crippen MR) is 325 cm³/mol. The molecule has 0 aliphatic carbocycles. The molecule has 0 radical (unpaired) electrons. The molecular formula is C69H122O6. The zero-order chi connectivity index (χ0) is 54.3. The van der Waals surface area contributed by atoms with Crippen molar-refractivity contribution in [1.82, 2.24) is 0 Å². The Balaban J connectivity index is 4.38. The molecule has 0 saturated carbocycles. The van der Waals surface area contributed by atoms with Crippen molar-refractivity contribution >= 4 is 17.9 Å². The number of esters is 3. The van der Waals surface area contributed by atoms with Crippen molar-refractivity contribution in [2.24, 2.45) is 0 Å². The van der Waals surface area contributed by atoms with Crippen LogP contribution >= 0.6 is 0 Å². The molecule has 0 aromatic heterocycles. The molecule has 0 aliphatic rings. The van der Waals surface area contributed by atoms with E-state index in [0.29, 0.717) is 19.3 Å². The lowest BCUT2D eigenvalue weighted by Crippen LogP contribution is -2.30. The number of hydrogen-bond acceptors (Lipinski definition) is 6. The molecule has 0 bridgehead atoms. The third-order valence-corrected chi connectivity index (χ3v) is 14.2. The Hall–Kier alpha value is -3.15. The second-order valence-electron chi connectivity index (χ2n) is 21.7. The van der Waals surface area contributed by atoms with Crippen LogP contribution in [0.2, 0.25) is 0 Å². The van der Waals surface area contributed by atoms with Crippen LogP contribution in [-0.4, -0.2) is 37.2 Å². The van der Waals surface area contributed by atoms with Gasteiger partial charge < -0.3 is 14.2 Å². The summed E-state index contributed by atoms with van der Waals surface area (Å²) in [5, 5.41) is 0. The highest BCUT2D eigenvalue weighted by atomic mass is 16.6. The second kappa shape index (κ2) is 63.4. The van der Waals surface area contributed by atoms with Gasteiger partial charge in [-0.3, -0.25) is 14.4 Å². The summed E-state index contributed by atoms with van der Waals surface area (Å²) in [5.41, 5.74) is 0. The van der Waals surface area contributed by atoms with Gasteiger partial charge in [-0.2, -0.15) is 0 Å². The van der Waals surface area contributed by atoms with Crippen LogP contribution in [0, 0.1) is 0 Å². The third-order valence-electron chi connectivity index (χ3n) is 14.2. The van der Waals surface area contributed by atoms with Gasteiger partial charge in [0.1, 0.15) is 13.2 Å². The fourth-order valence-corrected chi connectivity index (χ4v) is 9.24. The molecule has 0 heterocycles. The van der Waals surface area contributed by atoms with Crippen molar-refractivity contribution in [1.29, 1.82) is 0 Å². The molecule has 0 aromatic rings. The molecule has 0 atom stereocenters. The maximum absolute atomic E-state index is 12.9. The quantitative estimate of drug-likeness (QED) is 0.0261. The minimum atomic E-state index is -0.783. The second-order valence-corrected chi connectivity index (χ2v) is 21.7. The molecule has 434 valence electrons. The lowest BCUT2D eigenvalue weighted by atomic mass is 10.1. The lowest BCUT2D eigenvalue weighted by molar-refractivity contribution is -0.167. The van der Waals surface area contributed by atoms with Crippen molar-refractivity contribution < 1.29 is 28.6 Å². The van der Waals surface area contributed by atoms with Gasteiger partial charge in [0.2, 0.25) is 0 Å². The topological polar surface area (TPSA) is 78.9 Å². The Morgan fingerprint density at radius 3 is 0.733 bits per heavy atom. The van der Waals surface area contributed by atoms with Gasteiger partial charge in [0, 0.05) is 19.3 Å². The van der Waals surface area contributed by atoms with E-state index in [1.165, 1.54) is 212 Å². The number of hydrogen-bond donors (Lipinski definition) is 0. The van der Waals surface area contributed by atoms with Crippen LogP contribution in [0.15, 0.2) is 72.9 Å². The summed E-state index contributed by atoms with van der Waals surface area (Å²) in [6.07, 6.45) is 81.8. The van der Waals surface area contributed by atoms with Gasteiger partial charge in [-0.15, -0.1) is 0 Å². The van der Waals surface area contributed by atoms with E-state index in [1.54, 1.807) is 0 Å². The normalized spacial score (nSPS) is 12.2. The standard InChI is InChI=1S/C69H122O6/c1-4-7-10-13-16-19-22-25-28-31-34-37-40-43-46-49-52-55-58-61-67(70)73-64-66(75-69(72)63-60-57-54-51-48-45-42-39-36-33-30-27-24-21-18-15-12-9-6-3)65-74-68(71)62-59-56-53-50-47-44-41-38-35-32-29-26-23-20-17-14-11-8-5-2/h16-21,25-30,66H,4-15,22-24,31-65H2,1-3H3/b19-16-,20-17-,21-18-,28-25-,29-26-,30-27-. The molecule has 0 saturated heterocycles. The SMILES string of the molecule is CCCCC/C=C\C/C=C\CCCCCCCCCCCC(=O)OCC(COC(=O)CCCCCCCCCCC/C=C\C/C=C\CCCCC)OC(=O)CCCCCCCCCCC/C=C\C/C=C\CCCCC. The van der Waals surface area contributed by atoms with Crippen LogP contribution in [0.25, 0.3) is 0 Å². The van der Waals surface area contributed by atoms with E-state index >= 15 is 0 Å². The summed E-state index contributed by atoms with van der Waals surface area (Å²) >= 11 is 0. The van der Waals surface area contributed by atoms with Crippen LogP contribution in [0.3, 0.4) is 0 Å². The predicted octanol–water partition coefficient (Wildman–Crippen LogP) is 22.1. The molecule has 0 spiro atoms. The number of allylic oxidation sites excluding steroid dienone is 12. The maximum Gasteiger partial charge on any atom is 0.306 e. The lowest BCUT2D eigenvalue weighted by Gasteiger charge is -2.18. The highest BCUT2D eigenvalue weighted by Gasteiger charge is 2.19. The maximum atomic E-state index is 12.9. The Labute approximate surface area is 465 Å². The van der Waals surface area contributed by atoms with E-state index in [1.807, 2.05) is 0 Å². The van der Waals surface area contributed by atoms with E-state index < -0.39 is 6.10 Å². The van der Waals surface area contributed by atoms with Gasteiger partial charge in [-0.1, -0.05) is 267 Å². The molecule has 0 amide bonds. The van der Waals surface area contributed by atoms with Crippen LogP contribution < -0.4 is 0 Å².